The lowest BCUT2D eigenvalue weighted by Crippen LogP contribution is -2.35. The molecule has 1 saturated carbocycles. The average molecular weight is 263 g/mol. The van der Waals surface area contributed by atoms with Crippen molar-refractivity contribution < 1.29 is 0 Å². The molecule has 3 N–H and O–H groups in total. The van der Waals surface area contributed by atoms with Gasteiger partial charge in [0.2, 0.25) is 0 Å². The molecule has 0 bridgehead atoms. The molecular weight excluding hydrogens is 238 g/mol. The minimum absolute atomic E-state index is 0.348. The fraction of sp³-hybridized carbons (Fsp3) is 0.714. The maximum atomic E-state index is 5.85. The Labute approximate surface area is 115 Å². The number of nitrogens with two attached hydrogens (primary N) is 1. The highest BCUT2D eigenvalue weighted by Crippen LogP contribution is 2.38. The standard InChI is InChI=1S/C14H25N5/c1-4-19(5-2)9-10(3)16-13-8-12(15)17-14(18-13)11-6-7-11/h8,10-11H,4-7,9H2,1-3H3,(H3,15,16,17,18). The SMILES string of the molecule is CCN(CC)CC(C)Nc1cc(N)nc(C2CC2)n1. The molecule has 19 heavy (non-hydrogen) atoms. The molecule has 1 atom stereocenters. The van der Waals surface area contributed by atoms with E-state index in [4.69, 9.17) is 5.73 Å². The first kappa shape index (κ1) is 14.1. The summed E-state index contributed by atoms with van der Waals surface area (Å²) in [5.41, 5.74) is 5.85. The van der Waals surface area contributed by atoms with Crippen molar-refractivity contribution in [3.05, 3.63) is 11.9 Å². The molecule has 1 unspecified atom stereocenters. The number of nitrogens with zero attached hydrogens (tertiary/aromatic N) is 3. The highest BCUT2D eigenvalue weighted by molar-refractivity contribution is 5.45. The Morgan fingerprint density at radius 3 is 2.63 bits per heavy atom. The van der Waals surface area contributed by atoms with Crippen LogP contribution in [0.3, 0.4) is 0 Å². The summed E-state index contributed by atoms with van der Waals surface area (Å²) < 4.78 is 0. The Morgan fingerprint density at radius 2 is 2.05 bits per heavy atom. The third kappa shape index (κ3) is 4.06. The van der Waals surface area contributed by atoms with Crippen LogP contribution in [0.2, 0.25) is 0 Å². The third-order valence-corrected chi connectivity index (χ3v) is 3.53. The lowest BCUT2D eigenvalue weighted by atomic mass is 10.3. The summed E-state index contributed by atoms with van der Waals surface area (Å²) in [5.74, 6) is 2.85. The highest BCUT2D eigenvalue weighted by Gasteiger charge is 2.27. The predicted octanol–water partition coefficient (Wildman–Crippen LogP) is 2.08. The Hall–Kier alpha value is -1.36. The summed E-state index contributed by atoms with van der Waals surface area (Å²) in [6.45, 7) is 9.70. The summed E-state index contributed by atoms with van der Waals surface area (Å²) in [7, 11) is 0. The molecule has 0 saturated heterocycles. The van der Waals surface area contributed by atoms with E-state index in [0.29, 0.717) is 17.8 Å². The third-order valence-electron chi connectivity index (χ3n) is 3.53. The van der Waals surface area contributed by atoms with E-state index in [1.807, 2.05) is 6.07 Å². The van der Waals surface area contributed by atoms with Crippen molar-refractivity contribution in [2.75, 3.05) is 30.7 Å². The molecule has 0 amide bonds. The van der Waals surface area contributed by atoms with Gasteiger partial charge in [-0.3, -0.25) is 0 Å². The van der Waals surface area contributed by atoms with Gasteiger partial charge in [0.05, 0.1) is 0 Å². The van der Waals surface area contributed by atoms with Crippen LogP contribution >= 0.6 is 0 Å². The number of nitrogens with one attached hydrogen (secondary N) is 1. The molecule has 0 aromatic carbocycles. The van der Waals surface area contributed by atoms with Crippen LogP contribution in [-0.2, 0) is 0 Å². The van der Waals surface area contributed by atoms with E-state index < -0.39 is 0 Å². The molecule has 2 rings (SSSR count). The number of hydrogen-bond acceptors (Lipinski definition) is 5. The van der Waals surface area contributed by atoms with E-state index in [1.54, 1.807) is 0 Å². The van der Waals surface area contributed by atoms with Crippen molar-refractivity contribution in [2.45, 2.75) is 45.6 Å². The number of nitrogen functional groups attached to an aromatic ring is 1. The van der Waals surface area contributed by atoms with Gasteiger partial charge in [0, 0.05) is 24.6 Å². The zero-order valence-corrected chi connectivity index (χ0v) is 12.2. The van der Waals surface area contributed by atoms with Gasteiger partial charge in [-0.25, -0.2) is 9.97 Å². The van der Waals surface area contributed by atoms with Crippen molar-refractivity contribution >= 4 is 11.6 Å². The van der Waals surface area contributed by atoms with Crippen LogP contribution in [0.5, 0.6) is 0 Å². The van der Waals surface area contributed by atoms with E-state index in [2.05, 4.69) is 41.0 Å². The lowest BCUT2D eigenvalue weighted by molar-refractivity contribution is 0.294. The molecule has 1 fully saturated rings. The lowest BCUT2D eigenvalue weighted by Gasteiger charge is -2.23. The van der Waals surface area contributed by atoms with Gasteiger partial charge in [0.15, 0.2) is 0 Å². The molecule has 106 valence electrons. The summed E-state index contributed by atoms with van der Waals surface area (Å²) in [5, 5.41) is 3.43. The van der Waals surface area contributed by atoms with Gasteiger partial charge < -0.3 is 16.0 Å². The van der Waals surface area contributed by atoms with Gasteiger partial charge in [-0.15, -0.1) is 0 Å². The zero-order chi connectivity index (χ0) is 13.8. The molecule has 1 heterocycles. The van der Waals surface area contributed by atoms with Gasteiger partial charge in [-0.05, 0) is 32.9 Å². The van der Waals surface area contributed by atoms with E-state index in [0.717, 1.165) is 31.3 Å². The first-order valence-corrected chi connectivity index (χ1v) is 7.25. The van der Waals surface area contributed by atoms with E-state index in [1.165, 1.54) is 12.8 Å². The molecule has 0 radical (unpaired) electrons. The average Bonchev–Trinajstić information content (AvgIpc) is 3.19. The molecular formula is C14H25N5. The first-order chi connectivity index (χ1) is 9.12. The van der Waals surface area contributed by atoms with Crippen molar-refractivity contribution in [1.29, 1.82) is 0 Å². The first-order valence-electron chi connectivity index (χ1n) is 7.25. The van der Waals surface area contributed by atoms with Crippen LogP contribution in [0.4, 0.5) is 11.6 Å². The normalized spacial score (nSPS) is 16.6. The second kappa shape index (κ2) is 6.19. The molecule has 1 aromatic heterocycles. The second-order valence-electron chi connectivity index (χ2n) is 5.34. The monoisotopic (exact) mass is 263 g/mol. The Morgan fingerprint density at radius 1 is 1.37 bits per heavy atom. The largest absolute Gasteiger partial charge is 0.384 e. The predicted molar refractivity (Wildman–Crippen MR) is 79.3 cm³/mol. The second-order valence-corrected chi connectivity index (χ2v) is 5.34. The van der Waals surface area contributed by atoms with Crippen molar-refractivity contribution in [2.24, 2.45) is 0 Å². The number of hydrogen-bond donors (Lipinski definition) is 2. The van der Waals surface area contributed by atoms with Gasteiger partial charge >= 0.3 is 0 Å². The van der Waals surface area contributed by atoms with Crippen LogP contribution in [0, 0.1) is 0 Å². The minimum atomic E-state index is 0.348. The summed E-state index contributed by atoms with van der Waals surface area (Å²) >= 11 is 0. The number of anilines is 2. The van der Waals surface area contributed by atoms with Gasteiger partial charge in [0.1, 0.15) is 17.5 Å². The Kier molecular flexibility index (Phi) is 4.58. The molecule has 0 aliphatic heterocycles. The fourth-order valence-electron chi connectivity index (χ4n) is 2.25. The fourth-order valence-corrected chi connectivity index (χ4v) is 2.25. The number of aromatic nitrogens is 2. The smallest absolute Gasteiger partial charge is 0.136 e. The number of rotatable bonds is 7. The van der Waals surface area contributed by atoms with Crippen LogP contribution in [0.15, 0.2) is 6.07 Å². The zero-order valence-electron chi connectivity index (χ0n) is 12.2. The van der Waals surface area contributed by atoms with Crippen LogP contribution in [0.25, 0.3) is 0 Å². The summed E-state index contributed by atoms with van der Waals surface area (Å²) in [6.07, 6.45) is 2.38. The van der Waals surface area contributed by atoms with E-state index in [-0.39, 0.29) is 0 Å². The van der Waals surface area contributed by atoms with Crippen LogP contribution in [-0.4, -0.2) is 40.5 Å². The number of likely N-dealkylation sites (N-methyl/N-ethyl adjacent to an activating group) is 1. The molecule has 0 spiro atoms. The maximum Gasteiger partial charge on any atom is 0.136 e. The van der Waals surface area contributed by atoms with Crippen molar-refractivity contribution in [1.82, 2.24) is 14.9 Å². The molecule has 5 nitrogen and oxygen atoms in total. The van der Waals surface area contributed by atoms with Crippen molar-refractivity contribution in [3.8, 4) is 0 Å². The summed E-state index contributed by atoms with van der Waals surface area (Å²) in [6, 6.07) is 2.17. The summed E-state index contributed by atoms with van der Waals surface area (Å²) in [4.78, 5) is 11.3. The maximum absolute atomic E-state index is 5.85. The topological polar surface area (TPSA) is 67.1 Å². The van der Waals surface area contributed by atoms with E-state index in [9.17, 15) is 0 Å². The van der Waals surface area contributed by atoms with Crippen molar-refractivity contribution in [3.63, 3.8) is 0 Å². The molecule has 1 aliphatic carbocycles. The highest BCUT2D eigenvalue weighted by atomic mass is 15.2. The van der Waals surface area contributed by atoms with Crippen LogP contribution in [0.1, 0.15) is 45.4 Å². The quantitative estimate of drug-likeness (QED) is 0.788. The minimum Gasteiger partial charge on any atom is -0.384 e. The van der Waals surface area contributed by atoms with Gasteiger partial charge in [-0.1, -0.05) is 13.8 Å². The Bertz CT molecular complexity index is 412. The van der Waals surface area contributed by atoms with Crippen LogP contribution < -0.4 is 11.1 Å². The molecule has 5 heteroatoms. The molecule has 1 aliphatic rings. The van der Waals surface area contributed by atoms with Gasteiger partial charge in [-0.2, -0.15) is 0 Å². The Balaban J connectivity index is 1.97. The van der Waals surface area contributed by atoms with Gasteiger partial charge in [0.25, 0.3) is 0 Å². The molecule has 1 aromatic rings. The van der Waals surface area contributed by atoms with E-state index >= 15 is 0 Å².